The van der Waals surface area contributed by atoms with Crippen LogP contribution >= 0.6 is 0 Å². The van der Waals surface area contributed by atoms with Crippen molar-refractivity contribution >= 4 is 0 Å². The van der Waals surface area contributed by atoms with Gasteiger partial charge in [0, 0.05) is 11.1 Å². The number of aliphatic hydroxyl groups is 2. The SMILES string of the molecule is Cc1ccc(O)c(C(CO)(CO)c2cc(C)ccc2O)c1. The van der Waals surface area contributed by atoms with E-state index in [1.54, 1.807) is 24.3 Å². The highest BCUT2D eigenvalue weighted by molar-refractivity contribution is 5.53. The normalized spacial score (nSPS) is 11.6. The van der Waals surface area contributed by atoms with Crippen LogP contribution in [0.15, 0.2) is 36.4 Å². The Kier molecular flexibility index (Phi) is 4.21. The minimum atomic E-state index is -1.26. The predicted molar refractivity (Wildman–Crippen MR) is 80.6 cm³/mol. The average molecular weight is 288 g/mol. The summed E-state index contributed by atoms with van der Waals surface area (Å²) in [6, 6.07) is 9.96. The van der Waals surface area contributed by atoms with E-state index in [-0.39, 0.29) is 11.5 Å². The summed E-state index contributed by atoms with van der Waals surface area (Å²) in [5.41, 5.74) is 1.32. The first kappa shape index (κ1) is 15.4. The predicted octanol–water partition coefficient (Wildman–Crippen LogP) is 1.99. The molecule has 0 amide bonds. The minimum Gasteiger partial charge on any atom is -0.508 e. The number of aryl methyl sites for hydroxylation is 2. The summed E-state index contributed by atoms with van der Waals surface area (Å²) in [7, 11) is 0. The number of phenols is 2. The third kappa shape index (κ3) is 2.60. The Bertz CT molecular complexity index is 592. The molecule has 21 heavy (non-hydrogen) atoms. The van der Waals surface area contributed by atoms with E-state index < -0.39 is 18.6 Å². The first-order chi connectivity index (χ1) is 9.94. The number of benzene rings is 2. The van der Waals surface area contributed by atoms with Gasteiger partial charge in [0.15, 0.2) is 0 Å². The molecule has 0 unspecified atom stereocenters. The topological polar surface area (TPSA) is 80.9 Å². The van der Waals surface area contributed by atoms with Crippen LogP contribution in [0.2, 0.25) is 0 Å². The molecule has 0 aliphatic rings. The molecule has 2 aromatic carbocycles. The molecule has 4 N–H and O–H groups in total. The number of hydrogen-bond donors (Lipinski definition) is 4. The fourth-order valence-corrected chi connectivity index (χ4v) is 2.60. The zero-order chi connectivity index (χ0) is 15.6. The van der Waals surface area contributed by atoms with Crippen molar-refractivity contribution < 1.29 is 20.4 Å². The van der Waals surface area contributed by atoms with E-state index in [0.717, 1.165) is 11.1 Å². The molecule has 0 heterocycles. The van der Waals surface area contributed by atoms with Gasteiger partial charge >= 0.3 is 0 Å². The molecule has 0 aromatic heterocycles. The fraction of sp³-hybridized carbons (Fsp3) is 0.294. The van der Waals surface area contributed by atoms with E-state index in [1.165, 1.54) is 12.1 Å². The van der Waals surface area contributed by atoms with Crippen molar-refractivity contribution in [3.63, 3.8) is 0 Å². The van der Waals surface area contributed by atoms with Gasteiger partial charge in [-0.25, -0.2) is 0 Å². The molecule has 0 atom stereocenters. The molecule has 0 radical (unpaired) electrons. The van der Waals surface area contributed by atoms with Crippen molar-refractivity contribution in [3.05, 3.63) is 58.7 Å². The van der Waals surface area contributed by atoms with E-state index in [2.05, 4.69) is 0 Å². The lowest BCUT2D eigenvalue weighted by Crippen LogP contribution is -2.36. The summed E-state index contributed by atoms with van der Waals surface area (Å²) in [5.74, 6) is -0.0470. The lowest BCUT2D eigenvalue weighted by atomic mass is 9.74. The molecular weight excluding hydrogens is 268 g/mol. The summed E-state index contributed by atoms with van der Waals surface area (Å²) >= 11 is 0. The maximum atomic E-state index is 10.2. The van der Waals surface area contributed by atoms with Crippen LogP contribution in [0.5, 0.6) is 11.5 Å². The first-order valence-electron chi connectivity index (χ1n) is 6.76. The number of aromatic hydroxyl groups is 2. The number of hydrogen-bond acceptors (Lipinski definition) is 4. The zero-order valence-electron chi connectivity index (χ0n) is 12.2. The van der Waals surface area contributed by atoms with Gasteiger partial charge in [-0.3, -0.25) is 0 Å². The smallest absolute Gasteiger partial charge is 0.119 e. The quantitative estimate of drug-likeness (QED) is 0.693. The van der Waals surface area contributed by atoms with Gasteiger partial charge in [-0.1, -0.05) is 35.4 Å². The molecule has 0 spiro atoms. The molecule has 2 aromatic rings. The van der Waals surface area contributed by atoms with Gasteiger partial charge in [0.05, 0.1) is 18.6 Å². The molecule has 0 saturated carbocycles. The number of aliphatic hydroxyl groups excluding tert-OH is 2. The van der Waals surface area contributed by atoms with Crippen molar-refractivity contribution in [2.45, 2.75) is 19.3 Å². The minimum absolute atomic E-state index is 0.0235. The second-order valence-corrected chi connectivity index (χ2v) is 5.44. The van der Waals surface area contributed by atoms with Gasteiger partial charge in [-0.2, -0.15) is 0 Å². The van der Waals surface area contributed by atoms with Gasteiger partial charge in [-0.15, -0.1) is 0 Å². The van der Waals surface area contributed by atoms with Crippen LogP contribution < -0.4 is 0 Å². The Labute approximate surface area is 123 Å². The Morgan fingerprint density at radius 1 is 0.762 bits per heavy atom. The lowest BCUT2D eigenvalue weighted by molar-refractivity contribution is 0.139. The monoisotopic (exact) mass is 288 g/mol. The lowest BCUT2D eigenvalue weighted by Gasteiger charge is -2.32. The first-order valence-corrected chi connectivity index (χ1v) is 6.76. The van der Waals surface area contributed by atoms with Crippen molar-refractivity contribution in [1.82, 2.24) is 0 Å². The van der Waals surface area contributed by atoms with Gasteiger partial charge in [0.25, 0.3) is 0 Å². The molecule has 0 aliphatic carbocycles. The van der Waals surface area contributed by atoms with Crippen molar-refractivity contribution in [2.75, 3.05) is 13.2 Å². The van der Waals surface area contributed by atoms with E-state index >= 15 is 0 Å². The van der Waals surface area contributed by atoms with Crippen LogP contribution in [0.4, 0.5) is 0 Å². The van der Waals surface area contributed by atoms with Crippen molar-refractivity contribution in [2.24, 2.45) is 0 Å². The van der Waals surface area contributed by atoms with Crippen molar-refractivity contribution in [1.29, 1.82) is 0 Å². The van der Waals surface area contributed by atoms with Crippen molar-refractivity contribution in [3.8, 4) is 11.5 Å². The van der Waals surface area contributed by atoms with Gasteiger partial charge < -0.3 is 20.4 Å². The van der Waals surface area contributed by atoms with E-state index in [0.29, 0.717) is 11.1 Å². The van der Waals surface area contributed by atoms with E-state index in [4.69, 9.17) is 0 Å². The maximum Gasteiger partial charge on any atom is 0.119 e. The molecular formula is C17H20O4. The third-order valence-corrected chi connectivity index (χ3v) is 3.88. The van der Waals surface area contributed by atoms with Crippen LogP contribution in [0.25, 0.3) is 0 Å². The molecule has 0 bridgehead atoms. The Balaban J connectivity index is 2.76. The largest absolute Gasteiger partial charge is 0.508 e. The molecule has 112 valence electrons. The number of rotatable bonds is 4. The highest BCUT2D eigenvalue weighted by Crippen LogP contribution is 2.41. The highest BCUT2D eigenvalue weighted by atomic mass is 16.3. The standard InChI is InChI=1S/C17H20O4/c1-11-3-5-15(20)13(7-11)17(9-18,10-19)14-8-12(2)4-6-16(14)21/h3-8,18-21H,9-10H2,1-2H3. The average Bonchev–Trinajstić information content (AvgIpc) is 2.48. The second kappa shape index (κ2) is 5.76. The summed E-state index contributed by atoms with van der Waals surface area (Å²) in [6.07, 6.45) is 0. The third-order valence-electron chi connectivity index (χ3n) is 3.88. The summed E-state index contributed by atoms with van der Waals surface area (Å²) < 4.78 is 0. The molecule has 0 fully saturated rings. The van der Waals surface area contributed by atoms with Crippen LogP contribution in [0, 0.1) is 13.8 Å². The Morgan fingerprint density at radius 3 is 1.48 bits per heavy atom. The summed E-state index contributed by atoms with van der Waals surface area (Å²) in [6.45, 7) is 2.85. The molecule has 0 aliphatic heterocycles. The van der Waals surface area contributed by atoms with Gasteiger partial charge in [0.2, 0.25) is 0 Å². The Hall–Kier alpha value is -2.04. The number of phenolic OH excluding ortho intramolecular Hbond substituents is 2. The van der Waals surface area contributed by atoms with Crippen LogP contribution in [0.1, 0.15) is 22.3 Å². The summed E-state index contributed by atoms with van der Waals surface area (Å²) in [4.78, 5) is 0. The van der Waals surface area contributed by atoms with Crippen LogP contribution in [-0.4, -0.2) is 33.6 Å². The second-order valence-electron chi connectivity index (χ2n) is 5.44. The zero-order valence-corrected chi connectivity index (χ0v) is 12.2. The molecule has 4 heteroatoms. The molecule has 2 rings (SSSR count). The summed E-state index contributed by atoms with van der Waals surface area (Å²) in [5, 5.41) is 40.2. The maximum absolute atomic E-state index is 10.2. The van der Waals surface area contributed by atoms with E-state index in [1.807, 2.05) is 13.8 Å². The highest BCUT2D eigenvalue weighted by Gasteiger charge is 2.38. The molecule has 0 saturated heterocycles. The van der Waals surface area contributed by atoms with Crippen LogP contribution in [-0.2, 0) is 5.41 Å². The van der Waals surface area contributed by atoms with E-state index in [9.17, 15) is 20.4 Å². The van der Waals surface area contributed by atoms with Crippen LogP contribution in [0.3, 0.4) is 0 Å². The van der Waals surface area contributed by atoms with Gasteiger partial charge in [-0.05, 0) is 26.0 Å². The molecule has 4 nitrogen and oxygen atoms in total. The Morgan fingerprint density at radius 2 is 1.14 bits per heavy atom. The fourth-order valence-electron chi connectivity index (χ4n) is 2.60. The van der Waals surface area contributed by atoms with Gasteiger partial charge in [0.1, 0.15) is 11.5 Å².